The van der Waals surface area contributed by atoms with Crippen LogP contribution in [0.1, 0.15) is 42.6 Å². The quantitative estimate of drug-likeness (QED) is 0.640. The Labute approximate surface area is 164 Å². The Morgan fingerprint density at radius 3 is 2.86 bits per heavy atom. The highest BCUT2D eigenvalue weighted by atomic mass is 16.5. The van der Waals surface area contributed by atoms with Crippen LogP contribution in [0.2, 0.25) is 0 Å². The van der Waals surface area contributed by atoms with E-state index in [1.807, 2.05) is 60.9 Å². The first-order chi connectivity index (χ1) is 13.5. The molecule has 0 fully saturated rings. The van der Waals surface area contributed by atoms with Gasteiger partial charge in [0.15, 0.2) is 5.78 Å². The summed E-state index contributed by atoms with van der Waals surface area (Å²) in [4.78, 5) is 25.1. The minimum absolute atomic E-state index is 0.116. The van der Waals surface area contributed by atoms with Gasteiger partial charge in [0, 0.05) is 41.2 Å². The fourth-order valence-corrected chi connectivity index (χ4v) is 3.82. The minimum atomic E-state index is -0.123. The largest absolute Gasteiger partial charge is 0.490 e. The van der Waals surface area contributed by atoms with Gasteiger partial charge in [0.05, 0.1) is 0 Å². The number of anilines is 1. The molecule has 0 saturated heterocycles. The van der Waals surface area contributed by atoms with Crippen LogP contribution in [0.5, 0.6) is 5.75 Å². The number of aromatic nitrogens is 1. The summed E-state index contributed by atoms with van der Waals surface area (Å²) >= 11 is 0. The lowest BCUT2D eigenvalue weighted by molar-refractivity contribution is -0.116. The number of rotatable bonds is 6. The van der Waals surface area contributed by atoms with Crippen LogP contribution in [0.3, 0.4) is 0 Å². The molecule has 2 heterocycles. The van der Waals surface area contributed by atoms with Crippen molar-refractivity contribution >= 4 is 28.3 Å². The Bertz CT molecular complexity index is 1050. The fraction of sp³-hybridized carbons (Fsp3) is 0.304. The van der Waals surface area contributed by atoms with Crippen molar-refractivity contribution in [3.05, 3.63) is 59.8 Å². The third kappa shape index (κ3) is 3.52. The van der Waals surface area contributed by atoms with E-state index in [-0.39, 0.29) is 24.3 Å². The predicted molar refractivity (Wildman–Crippen MR) is 110 cm³/mol. The topological polar surface area (TPSA) is 60.3 Å². The molecule has 1 atom stereocenters. The molecule has 0 saturated carbocycles. The molecule has 1 amide bonds. The van der Waals surface area contributed by atoms with Crippen molar-refractivity contribution in [3.63, 3.8) is 0 Å². The molecule has 2 aromatic carbocycles. The maximum atomic E-state index is 12.6. The molecule has 1 N–H and O–H groups in total. The molecule has 0 aliphatic carbocycles. The van der Waals surface area contributed by atoms with Crippen LogP contribution in [-0.2, 0) is 17.8 Å². The number of carbonyl (C=O) groups excluding carboxylic acids is 2. The highest BCUT2D eigenvalue weighted by Gasteiger charge is 2.20. The molecule has 0 bridgehead atoms. The highest BCUT2D eigenvalue weighted by Crippen LogP contribution is 2.31. The summed E-state index contributed by atoms with van der Waals surface area (Å²) in [7, 11) is 0. The number of amides is 1. The number of nitrogens with zero attached hydrogens (tertiary/aromatic N) is 1. The third-order valence-corrected chi connectivity index (χ3v) is 5.06. The van der Waals surface area contributed by atoms with E-state index in [1.165, 1.54) is 0 Å². The zero-order chi connectivity index (χ0) is 19.7. The monoisotopic (exact) mass is 376 g/mol. The second-order valence-corrected chi connectivity index (χ2v) is 7.36. The SMILES string of the molecule is CCCC(=O)c1cn(CC(=O)Nc2ccc3c(c2)CC(C)O3)c2ccccc12. The van der Waals surface area contributed by atoms with Crippen molar-refractivity contribution in [2.75, 3.05) is 5.32 Å². The summed E-state index contributed by atoms with van der Waals surface area (Å²) in [6.07, 6.45) is 4.14. The van der Waals surface area contributed by atoms with Crippen molar-refractivity contribution in [3.8, 4) is 5.75 Å². The van der Waals surface area contributed by atoms with Gasteiger partial charge >= 0.3 is 0 Å². The average Bonchev–Trinajstić information content (AvgIpc) is 3.21. The first-order valence-corrected chi connectivity index (χ1v) is 9.75. The Balaban J connectivity index is 1.54. The number of ether oxygens (including phenoxy) is 1. The van der Waals surface area contributed by atoms with E-state index in [9.17, 15) is 9.59 Å². The summed E-state index contributed by atoms with van der Waals surface area (Å²) < 4.78 is 7.56. The summed E-state index contributed by atoms with van der Waals surface area (Å²) in [5.74, 6) is 0.883. The van der Waals surface area contributed by atoms with Crippen LogP contribution < -0.4 is 10.1 Å². The van der Waals surface area contributed by atoms with Crippen LogP contribution >= 0.6 is 0 Å². The van der Waals surface area contributed by atoms with E-state index < -0.39 is 0 Å². The zero-order valence-corrected chi connectivity index (χ0v) is 16.2. The average molecular weight is 376 g/mol. The van der Waals surface area contributed by atoms with Crippen molar-refractivity contribution in [1.82, 2.24) is 4.57 Å². The Kier molecular flexibility index (Phi) is 4.90. The van der Waals surface area contributed by atoms with E-state index >= 15 is 0 Å². The summed E-state index contributed by atoms with van der Waals surface area (Å²) in [5, 5.41) is 3.86. The minimum Gasteiger partial charge on any atom is -0.490 e. The van der Waals surface area contributed by atoms with Gasteiger partial charge in [-0.2, -0.15) is 0 Å². The van der Waals surface area contributed by atoms with Crippen LogP contribution in [-0.4, -0.2) is 22.4 Å². The number of para-hydroxylation sites is 1. The molecule has 4 rings (SSSR count). The van der Waals surface area contributed by atoms with Gasteiger partial charge in [0.25, 0.3) is 0 Å². The second kappa shape index (κ2) is 7.50. The number of benzene rings is 2. The molecule has 3 aromatic rings. The smallest absolute Gasteiger partial charge is 0.244 e. The fourth-order valence-electron chi connectivity index (χ4n) is 3.82. The summed E-state index contributed by atoms with van der Waals surface area (Å²) in [6, 6.07) is 13.5. The lowest BCUT2D eigenvalue weighted by Crippen LogP contribution is -2.18. The highest BCUT2D eigenvalue weighted by molar-refractivity contribution is 6.08. The van der Waals surface area contributed by atoms with Crippen LogP contribution in [0, 0.1) is 0 Å². The zero-order valence-electron chi connectivity index (χ0n) is 16.2. The first kappa shape index (κ1) is 18.3. The number of nitrogens with one attached hydrogen (secondary N) is 1. The van der Waals surface area contributed by atoms with Gasteiger partial charge < -0.3 is 14.6 Å². The number of carbonyl (C=O) groups is 2. The molecular formula is C23H24N2O3. The number of fused-ring (bicyclic) bond motifs is 2. The van der Waals surface area contributed by atoms with Gasteiger partial charge in [-0.05, 0) is 43.2 Å². The Morgan fingerprint density at radius 1 is 1.21 bits per heavy atom. The lowest BCUT2D eigenvalue weighted by Gasteiger charge is -2.08. The molecule has 1 aliphatic heterocycles. The van der Waals surface area contributed by atoms with Gasteiger partial charge in [0.1, 0.15) is 18.4 Å². The van der Waals surface area contributed by atoms with E-state index in [4.69, 9.17) is 4.74 Å². The molecule has 0 radical (unpaired) electrons. The van der Waals surface area contributed by atoms with Gasteiger partial charge in [-0.1, -0.05) is 25.1 Å². The standard InChI is InChI=1S/C23H24N2O3/c1-3-6-21(26)19-13-25(20-8-5-4-7-18(19)20)14-23(27)24-17-9-10-22-16(12-17)11-15(2)28-22/h4-5,7-10,12-13,15H,3,6,11,14H2,1-2H3,(H,24,27). The van der Waals surface area contributed by atoms with Crippen molar-refractivity contribution in [2.45, 2.75) is 45.8 Å². The van der Waals surface area contributed by atoms with Crippen molar-refractivity contribution < 1.29 is 14.3 Å². The van der Waals surface area contributed by atoms with Crippen LogP contribution in [0.4, 0.5) is 5.69 Å². The maximum Gasteiger partial charge on any atom is 0.244 e. The molecule has 1 aliphatic rings. The molecular weight excluding hydrogens is 352 g/mol. The predicted octanol–water partition coefficient (Wildman–Crippen LogP) is 4.59. The lowest BCUT2D eigenvalue weighted by atomic mass is 10.1. The summed E-state index contributed by atoms with van der Waals surface area (Å²) in [6.45, 7) is 4.18. The van der Waals surface area contributed by atoms with Gasteiger partial charge in [-0.25, -0.2) is 0 Å². The molecule has 1 unspecified atom stereocenters. The van der Waals surface area contributed by atoms with E-state index in [0.717, 1.165) is 40.7 Å². The van der Waals surface area contributed by atoms with E-state index in [1.54, 1.807) is 6.20 Å². The van der Waals surface area contributed by atoms with Gasteiger partial charge in [0.2, 0.25) is 5.91 Å². The number of hydrogen-bond acceptors (Lipinski definition) is 3. The first-order valence-electron chi connectivity index (χ1n) is 9.75. The molecule has 5 nitrogen and oxygen atoms in total. The van der Waals surface area contributed by atoms with Crippen LogP contribution in [0.25, 0.3) is 10.9 Å². The maximum absolute atomic E-state index is 12.6. The van der Waals surface area contributed by atoms with Crippen LogP contribution in [0.15, 0.2) is 48.7 Å². The van der Waals surface area contributed by atoms with Crippen molar-refractivity contribution in [2.24, 2.45) is 0 Å². The van der Waals surface area contributed by atoms with Crippen molar-refractivity contribution in [1.29, 1.82) is 0 Å². The molecule has 144 valence electrons. The molecule has 28 heavy (non-hydrogen) atoms. The third-order valence-electron chi connectivity index (χ3n) is 5.06. The Morgan fingerprint density at radius 2 is 2.04 bits per heavy atom. The molecule has 0 spiro atoms. The van der Waals surface area contributed by atoms with Gasteiger partial charge in [-0.3, -0.25) is 9.59 Å². The van der Waals surface area contributed by atoms with E-state index in [2.05, 4.69) is 5.32 Å². The number of Topliss-reactive ketones (excluding diaryl/α,β-unsaturated/α-hetero) is 1. The molecule has 1 aromatic heterocycles. The molecule has 5 heteroatoms. The second-order valence-electron chi connectivity index (χ2n) is 7.36. The normalized spacial score (nSPS) is 15.3. The Hall–Kier alpha value is -3.08. The van der Waals surface area contributed by atoms with Gasteiger partial charge in [-0.15, -0.1) is 0 Å². The summed E-state index contributed by atoms with van der Waals surface area (Å²) in [5.41, 5.74) is 3.46. The number of hydrogen-bond donors (Lipinski definition) is 1. The van der Waals surface area contributed by atoms with E-state index in [0.29, 0.717) is 12.0 Å². The number of ketones is 1.